The second-order valence-electron chi connectivity index (χ2n) is 3.14. The van der Waals surface area contributed by atoms with Gasteiger partial charge in [0.2, 0.25) is 0 Å². The molecule has 1 aromatic heterocycles. The third-order valence-electron chi connectivity index (χ3n) is 2.04. The zero-order valence-electron chi connectivity index (χ0n) is 7.81. The lowest BCUT2D eigenvalue weighted by atomic mass is 10.2. The van der Waals surface area contributed by atoms with Gasteiger partial charge >= 0.3 is 0 Å². The van der Waals surface area contributed by atoms with Crippen molar-refractivity contribution in [2.45, 2.75) is 13.8 Å². The molecule has 2 aromatic rings. The summed E-state index contributed by atoms with van der Waals surface area (Å²) in [5.41, 5.74) is 1.10. The molecule has 14 heavy (non-hydrogen) atoms. The maximum absolute atomic E-state index is 12.9. The molecule has 72 valence electrons. The molecule has 4 heteroatoms. The highest BCUT2D eigenvalue weighted by Gasteiger charge is 2.07. The van der Waals surface area contributed by atoms with E-state index in [9.17, 15) is 8.78 Å². The van der Waals surface area contributed by atoms with Crippen LogP contribution in [-0.2, 0) is 0 Å². The third kappa shape index (κ3) is 1.32. The summed E-state index contributed by atoms with van der Waals surface area (Å²) in [5.74, 6) is -1.19. The lowest BCUT2D eigenvalue weighted by Crippen LogP contribution is -1.95. The first-order valence-electron chi connectivity index (χ1n) is 4.18. The largest absolute Gasteiger partial charge is 0.238 e. The average Bonchev–Trinajstić information content (AvgIpc) is 2.08. The molecule has 0 aliphatic heterocycles. The van der Waals surface area contributed by atoms with Gasteiger partial charge in [-0.15, -0.1) is 0 Å². The van der Waals surface area contributed by atoms with Gasteiger partial charge in [-0.1, -0.05) is 0 Å². The Labute approximate surface area is 79.6 Å². The Morgan fingerprint density at radius 2 is 1.64 bits per heavy atom. The highest BCUT2D eigenvalue weighted by Crippen LogP contribution is 2.18. The van der Waals surface area contributed by atoms with Crippen LogP contribution in [0.5, 0.6) is 0 Å². The average molecular weight is 194 g/mol. The summed E-state index contributed by atoms with van der Waals surface area (Å²) in [4.78, 5) is 8.09. The molecule has 0 unspecified atom stereocenters. The number of benzene rings is 1. The van der Waals surface area contributed by atoms with Crippen molar-refractivity contribution in [1.29, 1.82) is 0 Å². The highest BCUT2D eigenvalue weighted by molar-refractivity contribution is 5.80. The molecule has 0 bridgehead atoms. The number of fused-ring (bicyclic) bond motifs is 1. The molecule has 0 fully saturated rings. The first-order valence-corrected chi connectivity index (χ1v) is 4.18. The van der Waals surface area contributed by atoms with Crippen molar-refractivity contribution in [1.82, 2.24) is 9.97 Å². The molecule has 1 heterocycles. The standard InChI is InChI=1S/C10H8F2N2/c1-5-7-3-8(11)9(12)4-10(7)14-6(2)13-5/h3-4H,1-2H3. The molecule has 1 aromatic carbocycles. The van der Waals surface area contributed by atoms with E-state index >= 15 is 0 Å². The Morgan fingerprint density at radius 1 is 1.00 bits per heavy atom. The Morgan fingerprint density at radius 3 is 2.36 bits per heavy atom. The van der Waals surface area contributed by atoms with Gasteiger partial charge in [-0.05, 0) is 19.9 Å². The lowest BCUT2D eigenvalue weighted by molar-refractivity contribution is 0.510. The topological polar surface area (TPSA) is 25.8 Å². The summed E-state index contributed by atoms with van der Waals surface area (Å²) in [6.45, 7) is 3.46. The molecule has 0 saturated carbocycles. The van der Waals surface area contributed by atoms with Crippen molar-refractivity contribution in [3.05, 3.63) is 35.3 Å². The van der Waals surface area contributed by atoms with Gasteiger partial charge in [0, 0.05) is 17.1 Å². The zero-order valence-corrected chi connectivity index (χ0v) is 7.81. The van der Waals surface area contributed by atoms with Crippen LogP contribution in [0.2, 0.25) is 0 Å². The first kappa shape index (κ1) is 8.99. The third-order valence-corrected chi connectivity index (χ3v) is 2.04. The summed E-state index contributed by atoms with van der Waals surface area (Å²) in [6, 6.07) is 2.21. The number of aryl methyl sites for hydroxylation is 2. The van der Waals surface area contributed by atoms with Crippen molar-refractivity contribution in [2.75, 3.05) is 0 Å². The van der Waals surface area contributed by atoms with E-state index in [0.29, 0.717) is 22.4 Å². The van der Waals surface area contributed by atoms with E-state index in [1.54, 1.807) is 13.8 Å². The SMILES string of the molecule is Cc1nc(C)c2cc(F)c(F)cc2n1. The Kier molecular flexibility index (Phi) is 1.91. The minimum Gasteiger partial charge on any atom is -0.238 e. The van der Waals surface area contributed by atoms with Crippen molar-refractivity contribution >= 4 is 10.9 Å². The number of hydrogen-bond donors (Lipinski definition) is 0. The Bertz CT molecular complexity index is 509. The predicted octanol–water partition coefficient (Wildman–Crippen LogP) is 2.52. The quantitative estimate of drug-likeness (QED) is 0.644. The van der Waals surface area contributed by atoms with E-state index in [2.05, 4.69) is 9.97 Å². The van der Waals surface area contributed by atoms with Gasteiger partial charge in [-0.3, -0.25) is 0 Å². The second-order valence-corrected chi connectivity index (χ2v) is 3.14. The number of rotatable bonds is 0. The number of nitrogens with zero attached hydrogens (tertiary/aromatic N) is 2. The predicted molar refractivity (Wildman–Crippen MR) is 48.9 cm³/mol. The molecule has 2 rings (SSSR count). The molecule has 0 saturated heterocycles. The highest BCUT2D eigenvalue weighted by atomic mass is 19.2. The molecule has 0 aliphatic rings. The van der Waals surface area contributed by atoms with Crippen molar-refractivity contribution < 1.29 is 8.78 Å². The van der Waals surface area contributed by atoms with Gasteiger partial charge in [0.25, 0.3) is 0 Å². The molecule has 0 radical (unpaired) electrons. The van der Waals surface area contributed by atoms with E-state index in [1.165, 1.54) is 0 Å². The number of hydrogen-bond acceptors (Lipinski definition) is 2. The summed E-state index contributed by atoms with van der Waals surface area (Å²) in [6.07, 6.45) is 0. The zero-order chi connectivity index (χ0) is 10.3. The van der Waals surface area contributed by atoms with Gasteiger partial charge in [0.05, 0.1) is 5.52 Å². The van der Waals surface area contributed by atoms with Crippen molar-refractivity contribution in [3.63, 3.8) is 0 Å². The minimum absolute atomic E-state index is 0.439. The fraction of sp³-hybridized carbons (Fsp3) is 0.200. The molecule has 0 N–H and O–H groups in total. The maximum atomic E-state index is 12.9. The van der Waals surface area contributed by atoms with Crippen LogP contribution in [0.3, 0.4) is 0 Å². The van der Waals surface area contributed by atoms with E-state index in [1.807, 2.05) is 0 Å². The van der Waals surface area contributed by atoms with Gasteiger partial charge in [-0.2, -0.15) is 0 Å². The van der Waals surface area contributed by atoms with Gasteiger partial charge in [0.1, 0.15) is 5.82 Å². The molecular weight excluding hydrogens is 186 g/mol. The van der Waals surface area contributed by atoms with Crippen LogP contribution in [0.4, 0.5) is 8.78 Å². The van der Waals surface area contributed by atoms with Crippen molar-refractivity contribution in [2.24, 2.45) is 0 Å². The molecule has 0 atom stereocenters. The molecule has 0 spiro atoms. The summed E-state index contributed by atoms with van der Waals surface area (Å²) in [7, 11) is 0. The number of aromatic nitrogens is 2. The minimum atomic E-state index is -0.880. The van der Waals surface area contributed by atoms with Crippen LogP contribution in [0.15, 0.2) is 12.1 Å². The van der Waals surface area contributed by atoms with Gasteiger partial charge in [0.15, 0.2) is 11.6 Å². The maximum Gasteiger partial charge on any atom is 0.161 e. The van der Waals surface area contributed by atoms with E-state index < -0.39 is 11.6 Å². The molecule has 0 amide bonds. The molecule has 2 nitrogen and oxygen atoms in total. The smallest absolute Gasteiger partial charge is 0.161 e. The number of halogens is 2. The molecular formula is C10H8F2N2. The van der Waals surface area contributed by atoms with Crippen molar-refractivity contribution in [3.8, 4) is 0 Å². The van der Waals surface area contributed by atoms with Crippen LogP contribution in [0.25, 0.3) is 10.9 Å². The van der Waals surface area contributed by atoms with E-state index in [-0.39, 0.29) is 0 Å². The summed E-state index contributed by atoms with van der Waals surface area (Å²) >= 11 is 0. The Balaban J connectivity index is 2.89. The molecule has 0 aliphatic carbocycles. The van der Waals surface area contributed by atoms with Crippen LogP contribution in [0, 0.1) is 25.5 Å². The normalized spacial score (nSPS) is 10.9. The summed E-state index contributed by atoms with van der Waals surface area (Å²) in [5, 5.41) is 0.550. The lowest BCUT2D eigenvalue weighted by Gasteiger charge is -2.02. The van der Waals surface area contributed by atoms with Crippen LogP contribution in [0.1, 0.15) is 11.5 Å². The van der Waals surface area contributed by atoms with Crippen LogP contribution in [-0.4, -0.2) is 9.97 Å². The van der Waals surface area contributed by atoms with Crippen LogP contribution < -0.4 is 0 Å². The van der Waals surface area contributed by atoms with Gasteiger partial charge < -0.3 is 0 Å². The Hall–Kier alpha value is -1.58. The fourth-order valence-corrected chi connectivity index (χ4v) is 1.42. The second kappa shape index (κ2) is 2.97. The summed E-state index contributed by atoms with van der Waals surface area (Å²) < 4.78 is 25.8. The van der Waals surface area contributed by atoms with Gasteiger partial charge in [-0.25, -0.2) is 18.7 Å². The first-order chi connectivity index (χ1) is 6.58. The fourth-order valence-electron chi connectivity index (χ4n) is 1.42. The monoisotopic (exact) mass is 194 g/mol. The van der Waals surface area contributed by atoms with Crippen LogP contribution >= 0.6 is 0 Å². The van der Waals surface area contributed by atoms with E-state index in [0.717, 1.165) is 12.1 Å². The van der Waals surface area contributed by atoms with E-state index in [4.69, 9.17) is 0 Å².